The highest BCUT2D eigenvalue weighted by Crippen LogP contribution is 2.33. The third-order valence-electron chi connectivity index (χ3n) is 4.81. The van der Waals surface area contributed by atoms with E-state index in [2.05, 4.69) is 42.6 Å². The van der Waals surface area contributed by atoms with E-state index in [1.165, 1.54) is 36.1 Å². The molecule has 23 heavy (non-hydrogen) atoms. The van der Waals surface area contributed by atoms with E-state index >= 15 is 0 Å². The molecule has 1 heterocycles. The lowest BCUT2D eigenvalue weighted by Crippen LogP contribution is -2.30. The van der Waals surface area contributed by atoms with Crippen LogP contribution in [0.1, 0.15) is 45.4 Å². The van der Waals surface area contributed by atoms with Crippen LogP contribution in [0.2, 0.25) is 0 Å². The highest BCUT2D eigenvalue weighted by atomic mass is 32.1. The molecule has 0 aliphatic heterocycles. The quantitative estimate of drug-likeness (QED) is 0.662. The SMILES string of the molecule is CCN(C(=O)CCC1CCCC1)c1csc(-c2ccccc2)c1. The van der Waals surface area contributed by atoms with Crippen LogP contribution >= 0.6 is 11.3 Å². The lowest BCUT2D eigenvalue weighted by Gasteiger charge is -2.20. The summed E-state index contributed by atoms with van der Waals surface area (Å²) in [6.07, 6.45) is 7.08. The van der Waals surface area contributed by atoms with E-state index in [1.54, 1.807) is 11.3 Å². The van der Waals surface area contributed by atoms with Crippen LogP contribution in [0.3, 0.4) is 0 Å². The van der Waals surface area contributed by atoms with Crippen molar-refractivity contribution in [2.45, 2.75) is 45.4 Å². The van der Waals surface area contributed by atoms with Crippen molar-refractivity contribution in [1.82, 2.24) is 0 Å². The Morgan fingerprint density at radius 3 is 2.65 bits per heavy atom. The van der Waals surface area contributed by atoms with Crippen molar-refractivity contribution >= 4 is 22.9 Å². The first kappa shape index (κ1) is 16.3. The standard InChI is InChI=1S/C20H25NOS/c1-2-21(20(22)13-12-16-8-6-7-9-16)18-14-19(23-15-18)17-10-4-3-5-11-17/h3-5,10-11,14-16H,2,6-9,12-13H2,1H3. The molecule has 0 unspecified atom stereocenters. The van der Waals surface area contributed by atoms with Gasteiger partial charge in [0.2, 0.25) is 5.91 Å². The minimum absolute atomic E-state index is 0.275. The van der Waals surface area contributed by atoms with Gasteiger partial charge in [-0.15, -0.1) is 11.3 Å². The Bertz CT molecular complexity index is 628. The largest absolute Gasteiger partial charge is 0.312 e. The minimum Gasteiger partial charge on any atom is -0.312 e. The van der Waals surface area contributed by atoms with Gasteiger partial charge in [-0.25, -0.2) is 0 Å². The van der Waals surface area contributed by atoms with Crippen LogP contribution in [0.5, 0.6) is 0 Å². The zero-order chi connectivity index (χ0) is 16.1. The molecule has 1 aliphatic rings. The third kappa shape index (κ3) is 4.03. The molecular weight excluding hydrogens is 302 g/mol. The first-order valence-electron chi connectivity index (χ1n) is 8.72. The highest BCUT2D eigenvalue weighted by molar-refractivity contribution is 7.14. The predicted octanol–water partition coefficient (Wildman–Crippen LogP) is 5.74. The summed E-state index contributed by atoms with van der Waals surface area (Å²) in [6, 6.07) is 12.5. The van der Waals surface area contributed by atoms with Crippen LogP contribution in [-0.2, 0) is 4.79 Å². The number of carbonyl (C=O) groups is 1. The summed E-state index contributed by atoms with van der Waals surface area (Å²) in [5.41, 5.74) is 2.27. The summed E-state index contributed by atoms with van der Waals surface area (Å²) in [7, 11) is 0. The topological polar surface area (TPSA) is 20.3 Å². The Hall–Kier alpha value is -1.61. The lowest BCUT2D eigenvalue weighted by atomic mass is 10.0. The molecule has 1 amide bonds. The first-order valence-corrected chi connectivity index (χ1v) is 9.60. The van der Waals surface area contributed by atoms with Gasteiger partial charge < -0.3 is 4.90 Å². The third-order valence-corrected chi connectivity index (χ3v) is 5.78. The molecule has 0 spiro atoms. The lowest BCUT2D eigenvalue weighted by molar-refractivity contribution is -0.118. The molecule has 0 N–H and O–H groups in total. The van der Waals surface area contributed by atoms with Gasteiger partial charge in [-0.1, -0.05) is 56.0 Å². The summed E-state index contributed by atoms with van der Waals surface area (Å²) in [4.78, 5) is 15.8. The average molecular weight is 327 g/mol. The Labute approximate surface area is 143 Å². The maximum absolute atomic E-state index is 12.6. The maximum Gasteiger partial charge on any atom is 0.227 e. The van der Waals surface area contributed by atoms with Crippen LogP contribution in [0.4, 0.5) is 5.69 Å². The first-order chi connectivity index (χ1) is 11.3. The van der Waals surface area contributed by atoms with Crippen LogP contribution in [-0.4, -0.2) is 12.5 Å². The number of rotatable bonds is 6. The fraction of sp³-hybridized carbons (Fsp3) is 0.450. The Morgan fingerprint density at radius 1 is 1.22 bits per heavy atom. The number of anilines is 1. The number of nitrogens with zero attached hydrogens (tertiary/aromatic N) is 1. The van der Waals surface area contributed by atoms with Crippen LogP contribution in [0.15, 0.2) is 41.8 Å². The number of amides is 1. The molecule has 3 heteroatoms. The average Bonchev–Trinajstić information content (AvgIpc) is 3.26. The molecule has 1 aromatic carbocycles. The van der Waals surface area contributed by atoms with Crippen molar-refractivity contribution in [3.8, 4) is 10.4 Å². The number of carbonyl (C=O) groups excluding carboxylic acids is 1. The molecule has 1 fully saturated rings. The fourth-order valence-electron chi connectivity index (χ4n) is 3.49. The Kier molecular flexibility index (Phi) is 5.50. The summed E-state index contributed by atoms with van der Waals surface area (Å²) in [6.45, 7) is 2.81. The van der Waals surface area contributed by atoms with E-state index in [-0.39, 0.29) is 5.91 Å². The zero-order valence-electron chi connectivity index (χ0n) is 13.8. The van der Waals surface area contributed by atoms with Crippen molar-refractivity contribution in [3.05, 3.63) is 41.8 Å². The van der Waals surface area contributed by atoms with Gasteiger partial charge in [-0.2, -0.15) is 0 Å². The van der Waals surface area contributed by atoms with Crippen molar-refractivity contribution in [2.24, 2.45) is 5.92 Å². The van der Waals surface area contributed by atoms with E-state index in [0.29, 0.717) is 6.42 Å². The van der Waals surface area contributed by atoms with Gasteiger partial charge in [0.1, 0.15) is 0 Å². The van der Waals surface area contributed by atoms with Gasteiger partial charge in [0.15, 0.2) is 0 Å². The second kappa shape index (κ2) is 7.78. The van der Waals surface area contributed by atoms with Gasteiger partial charge >= 0.3 is 0 Å². The molecule has 0 bridgehead atoms. The van der Waals surface area contributed by atoms with E-state index in [0.717, 1.165) is 24.6 Å². The summed E-state index contributed by atoms with van der Waals surface area (Å²) < 4.78 is 0. The normalized spacial score (nSPS) is 15.0. The number of hydrogen-bond acceptors (Lipinski definition) is 2. The Morgan fingerprint density at radius 2 is 1.96 bits per heavy atom. The summed E-state index contributed by atoms with van der Waals surface area (Å²) >= 11 is 1.71. The van der Waals surface area contributed by atoms with E-state index in [9.17, 15) is 4.79 Å². The smallest absolute Gasteiger partial charge is 0.227 e. The molecule has 2 aromatic rings. The van der Waals surface area contributed by atoms with E-state index in [1.807, 2.05) is 11.0 Å². The molecule has 1 saturated carbocycles. The fourth-order valence-corrected chi connectivity index (χ4v) is 4.39. The van der Waals surface area contributed by atoms with E-state index in [4.69, 9.17) is 0 Å². The van der Waals surface area contributed by atoms with Gasteiger partial charge in [-0.05, 0) is 30.9 Å². The monoisotopic (exact) mass is 327 g/mol. The molecule has 0 atom stereocenters. The Balaban J connectivity index is 1.65. The van der Waals surface area contributed by atoms with Crippen molar-refractivity contribution in [3.63, 3.8) is 0 Å². The predicted molar refractivity (Wildman–Crippen MR) is 99.0 cm³/mol. The summed E-state index contributed by atoms with van der Waals surface area (Å²) in [5.74, 6) is 1.05. The van der Waals surface area contributed by atoms with Crippen molar-refractivity contribution < 1.29 is 4.79 Å². The molecular formula is C20H25NOS. The van der Waals surface area contributed by atoms with E-state index < -0.39 is 0 Å². The zero-order valence-corrected chi connectivity index (χ0v) is 14.6. The minimum atomic E-state index is 0.275. The number of hydrogen-bond donors (Lipinski definition) is 0. The van der Waals surface area contributed by atoms with Crippen molar-refractivity contribution in [2.75, 3.05) is 11.4 Å². The van der Waals surface area contributed by atoms with Gasteiger partial charge in [0.05, 0.1) is 5.69 Å². The van der Waals surface area contributed by atoms with Crippen LogP contribution < -0.4 is 4.90 Å². The second-order valence-corrected chi connectivity index (χ2v) is 7.27. The molecule has 122 valence electrons. The summed E-state index contributed by atoms with van der Waals surface area (Å²) in [5, 5.41) is 2.11. The molecule has 3 rings (SSSR count). The van der Waals surface area contributed by atoms with Gasteiger partial charge in [0.25, 0.3) is 0 Å². The van der Waals surface area contributed by atoms with Gasteiger partial charge in [-0.3, -0.25) is 4.79 Å². The second-order valence-electron chi connectivity index (χ2n) is 6.36. The molecule has 1 aliphatic carbocycles. The van der Waals surface area contributed by atoms with Gasteiger partial charge in [0, 0.05) is 23.2 Å². The number of thiophene rings is 1. The molecule has 1 aromatic heterocycles. The maximum atomic E-state index is 12.6. The molecule has 0 saturated heterocycles. The molecule has 2 nitrogen and oxygen atoms in total. The molecule has 0 radical (unpaired) electrons. The highest BCUT2D eigenvalue weighted by Gasteiger charge is 2.20. The van der Waals surface area contributed by atoms with Crippen LogP contribution in [0.25, 0.3) is 10.4 Å². The number of benzene rings is 1. The van der Waals surface area contributed by atoms with Crippen molar-refractivity contribution in [1.29, 1.82) is 0 Å². The van der Waals surface area contributed by atoms with Crippen LogP contribution in [0, 0.1) is 5.92 Å².